The van der Waals surface area contributed by atoms with Gasteiger partial charge in [-0.25, -0.2) is 4.98 Å². The van der Waals surface area contributed by atoms with Crippen LogP contribution in [0.25, 0.3) is 16.6 Å². The summed E-state index contributed by atoms with van der Waals surface area (Å²) in [5.41, 5.74) is -1.08. The molecule has 3 aromatic carbocycles. The highest BCUT2D eigenvalue weighted by Gasteiger charge is 2.34. The quantitative estimate of drug-likeness (QED) is 0.238. The van der Waals surface area contributed by atoms with Crippen molar-refractivity contribution in [3.63, 3.8) is 0 Å². The standard InChI is InChI=1S/C23H15F3N2O2S/c24-23(25,26)17-11-5-7-13-19(17)28-21(30)16-10-4-6-12-18(16)27-22(28)31-14-20(29)15-8-2-1-3-9-15/h1-13H,14H2. The second kappa shape index (κ2) is 8.39. The van der Waals surface area contributed by atoms with Crippen molar-refractivity contribution in [1.82, 2.24) is 9.55 Å². The van der Waals surface area contributed by atoms with E-state index in [1.165, 1.54) is 24.3 Å². The average Bonchev–Trinajstić information content (AvgIpc) is 2.77. The summed E-state index contributed by atoms with van der Waals surface area (Å²) in [5.74, 6) is -0.299. The SMILES string of the molecule is O=C(CSc1nc2ccccc2c(=O)n1-c1ccccc1C(F)(F)F)c1ccccc1. The Morgan fingerprint density at radius 3 is 2.29 bits per heavy atom. The minimum Gasteiger partial charge on any atom is -0.293 e. The normalized spacial score (nSPS) is 11.6. The van der Waals surface area contributed by atoms with Gasteiger partial charge in [0.05, 0.1) is 27.9 Å². The van der Waals surface area contributed by atoms with Crippen LogP contribution in [0.15, 0.2) is 88.8 Å². The molecule has 4 nitrogen and oxygen atoms in total. The van der Waals surface area contributed by atoms with Crippen molar-refractivity contribution in [2.24, 2.45) is 0 Å². The van der Waals surface area contributed by atoms with E-state index >= 15 is 0 Å². The van der Waals surface area contributed by atoms with Gasteiger partial charge in [-0.3, -0.25) is 14.2 Å². The van der Waals surface area contributed by atoms with E-state index in [2.05, 4.69) is 4.98 Å². The molecule has 1 aromatic heterocycles. The molecule has 8 heteroatoms. The van der Waals surface area contributed by atoms with Crippen LogP contribution in [0, 0.1) is 0 Å². The molecule has 0 aliphatic rings. The van der Waals surface area contributed by atoms with Crippen LogP contribution >= 0.6 is 11.8 Å². The zero-order valence-corrected chi connectivity index (χ0v) is 16.8. The molecule has 0 amide bonds. The van der Waals surface area contributed by atoms with E-state index in [-0.39, 0.29) is 27.8 Å². The highest BCUT2D eigenvalue weighted by Crippen LogP contribution is 2.34. The van der Waals surface area contributed by atoms with Gasteiger partial charge in [-0.1, -0.05) is 66.4 Å². The maximum absolute atomic E-state index is 13.7. The number of fused-ring (bicyclic) bond motifs is 1. The van der Waals surface area contributed by atoms with E-state index in [1.54, 1.807) is 48.5 Å². The number of rotatable bonds is 5. The number of halogens is 3. The molecule has 0 atom stereocenters. The van der Waals surface area contributed by atoms with Crippen molar-refractivity contribution in [2.45, 2.75) is 11.3 Å². The molecule has 0 fully saturated rings. The highest BCUT2D eigenvalue weighted by atomic mass is 32.2. The number of thioether (sulfide) groups is 1. The van der Waals surface area contributed by atoms with Gasteiger partial charge >= 0.3 is 6.18 Å². The minimum absolute atomic E-state index is 0.0182. The van der Waals surface area contributed by atoms with Gasteiger partial charge in [0.25, 0.3) is 5.56 Å². The minimum atomic E-state index is -4.66. The number of aromatic nitrogens is 2. The molecule has 1 heterocycles. The molecule has 0 spiro atoms. The zero-order valence-electron chi connectivity index (χ0n) is 16.0. The Morgan fingerprint density at radius 1 is 0.903 bits per heavy atom. The largest absolute Gasteiger partial charge is 0.418 e. The summed E-state index contributed by atoms with van der Waals surface area (Å²) in [5, 5.41) is 0.211. The van der Waals surface area contributed by atoms with Crippen molar-refractivity contribution in [1.29, 1.82) is 0 Å². The number of hydrogen-bond acceptors (Lipinski definition) is 4. The fourth-order valence-corrected chi connectivity index (χ4v) is 4.07. The molecular formula is C23H15F3N2O2S. The van der Waals surface area contributed by atoms with Crippen LogP contribution in [0.1, 0.15) is 15.9 Å². The predicted molar refractivity (Wildman–Crippen MR) is 114 cm³/mol. The summed E-state index contributed by atoms with van der Waals surface area (Å²) >= 11 is 0.928. The summed E-state index contributed by atoms with van der Waals surface area (Å²) < 4.78 is 41.9. The number of nitrogens with zero attached hydrogens (tertiary/aromatic N) is 2. The molecule has 0 bridgehead atoms. The third-order valence-electron chi connectivity index (χ3n) is 4.62. The molecule has 0 radical (unpaired) electrons. The van der Waals surface area contributed by atoms with Gasteiger partial charge in [-0.2, -0.15) is 13.2 Å². The third-order valence-corrected chi connectivity index (χ3v) is 5.56. The summed E-state index contributed by atoms with van der Waals surface area (Å²) in [7, 11) is 0. The number of alkyl halides is 3. The van der Waals surface area contributed by atoms with E-state index in [4.69, 9.17) is 0 Å². The van der Waals surface area contributed by atoms with Crippen LogP contribution in [-0.4, -0.2) is 21.1 Å². The summed E-state index contributed by atoms with van der Waals surface area (Å²) in [4.78, 5) is 30.1. The van der Waals surface area contributed by atoms with E-state index in [9.17, 15) is 22.8 Å². The molecule has 0 N–H and O–H groups in total. The van der Waals surface area contributed by atoms with Gasteiger partial charge in [0.1, 0.15) is 0 Å². The number of Topliss-reactive ketones (excluding diaryl/α,β-unsaturated/α-hetero) is 1. The highest BCUT2D eigenvalue weighted by molar-refractivity contribution is 7.99. The number of ketones is 1. The number of hydrogen-bond donors (Lipinski definition) is 0. The lowest BCUT2D eigenvalue weighted by Crippen LogP contribution is -2.25. The Hall–Kier alpha value is -3.39. The van der Waals surface area contributed by atoms with Gasteiger partial charge in [-0.05, 0) is 24.3 Å². The number of carbonyl (C=O) groups is 1. The predicted octanol–water partition coefficient (Wildman–Crippen LogP) is 5.38. The lowest BCUT2D eigenvalue weighted by Gasteiger charge is -2.17. The second-order valence-electron chi connectivity index (χ2n) is 6.64. The number of benzene rings is 3. The molecule has 0 aliphatic heterocycles. The summed E-state index contributed by atoms with van der Waals surface area (Å²) in [6, 6.07) is 19.8. The van der Waals surface area contributed by atoms with Crippen molar-refractivity contribution >= 4 is 28.4 Å². The topological polar surface area (TPSA) is 52.0 Å². The van der Waals surface area contributed by atoms with Crippen LogP contribution in [-0.2, 0) is 6.18 Å². The maximum atomic E-state index is 13.7. The lowest BCUT2D eigenvalue weighted by atomic mass is 10.1. The first-order valence-corrected chi connectivity index (χ1v) is 10.2. The first-order valence-electron chi connectivity index (χ1n) is 9.25. The molecule has 0 saturated carbocycles. The zero-order chi connectivity index (χ0) is 22.0. The summed E-state index contributed by atoms with van der Waals surface area (Å²) in [6.07, 6.45) is -4.66. The van der Waals surface area contributed by atoms with E-state index < -0.39 is 17.3 Å². The molecule has 0 unspecified atom stereocenters. The molecule has 156 valence electrons. The van der Waals surface area contributed by atoms with Crippen LogP contribution < -0.4 is 5.56 Å². The van der Waals surface area contributed by atoms with Crippen molar-refractivity contribution < 1.29 is 18.0 Å². The molecule has 31 heavy (non-hydrogen) atoms. The Labute approximate surface area is 179 Å². The number of carbonyl (C=O) groups excluding carboxylic acids is 1. The fourth-order valence-electron chi connectivity index (χ4n) is 3.17. The third kappa shape index (κ3) is 4.25. The second-order valence-corrected chi connectivity index (χ2v) is 7.59. The average molecular weight is 440 g/mol. The van der Waals surface area contributed by atoms with Gasteiger partial charge in [0, 0.05) is 5.56 Å². The van der Waals surface area contributed by atoms with E-state index in [0.717, 1.165) is 22.4 Å². The van der Waals surface area contributed by atoms with Crippen molar-refractivity contribution in [2.75, 3.05) is 5.75 Å². The number of para-hydroxylation sites is 2. The Balaban J connectivity index is 1.86. The van der Waals surface area contributed by atoms with E-state index in [1.807, 2.05) is 0 Å². The van der Waals surface area contributed by atoms with Crippen LogP contribution in [0.3, 0.4) is 0 Å². The first-order chi connectivity index (χ1) is 14.9. The molecule has 0 aliphatic carbocycles. The Morgan fingerprint density at radius 2 is 1.55 bits per heavy atom. The molecular weight excluding hydrogens is 425 g/mol. The van der Waals surface area contributed by atoms with Gasteiger partial charge < -0.3 is 0 Å². The van der Waals surface area contributed by atoms with Crippen molar-refractivity contribution in [3.8, 4) is 5.69 Å². The molecule has 0 saturated heterocycles. The van der Waals surface area contributed by atoms with Crippen LogP contribution in [0.5, 0.6) is 0 Å². The monoisotopic (exact) mass is 440 g/mol. The lowest BCUT2D eigenvalue weighted by molar-refractivity contribution is -0.137. The Kier molecular flexibility index (Phi) is 5.65. The Bertz CT molecular complexity index is 1320. The fraction of sp³-hybridized carbons (Fsp3) is 0.0870. The molecule has 4 rings (SSSR count). The maximum Gasteiger partial charge on any atom is 0.418 e. The van der Waals surface area contributed by atoms with Crippen LogP contribution in [0.2, 0.25) is 0 Å². The van der Waals surface area contributed by atoms with E-state index in [0.29, 0.717) is 11.1 Å². The van der Waals surface area contributed by atoms with Crippen LogP contribution in [0.4, 0.5) is 13.2 Å². The van der Waals surface area contributed by atoms with Gasteiger partial charge in [0.15, 0.2) is 10.9 Å². The van der Waals surface area contributed by atoms with Gasteiger partial charge in [-0.15, -0.1) is 0 Å². The molecule has 4 aromatic rings. The smallest absolute Gasteiger partial charge is 0.293 e. The summed E-state index contributed by atoms with van der Waals surface area (Å²) in [6.45, 7) is 0. The van der Waals surface area contributed by atoms with Crippen molar-refractivity contribution in [3.05, 3.63) is 100 Å². The van der Waals surface area contributed by atoms with Gasteiger partial charge in [0.2, 0.25) is 0 Å². The first kappa shape index (κ1) is 20.9.